The van der Waals surface area contributed by atoms with Gasteiger partial charge < -0.3 is 10.1 Å². The van der Waals surface area contributed by atoms with E-state index in [9.17, 15) is 4.79 Å². The molecule has 116 valence electrons. The monoisotopic (exact) mass is 298 g/mol. The van der Waals surface area contributed by atoms with Crippen LogP contribution in [0.25, 0.3) is 0 Å². The van der Waals surface area contributed by atoms with Gasteiger partial charge in [0.25, 0.3) is 5.91 Å². The lowest BCUT2D eigenvalue weighted by Crippen LogP contribution is -2.25. The maximum absolute atomic E-state index is 12.0. The van der Waals surface area contributed by atoms with Crippen molar-refractivity contribution < 1.29 is 9.53 Å². The van der Waals surface area contributed by atoms with Crippen molar-refractivity contribution in [2.75, 3.05) is 6.54 Å². The third-order valence-electron chi connectivity index (χ3n) is 3.25. The molecule has 22 heavy (non-hydrogen) atoms. The summed E-state index contributed by atoms with van der Waals surface area (Å²) in [5.41, 5.74) is 1.66. The summed E-state index contributed by atoms with van der Waals surface area (Å²) in [4.78, 5) is 16.0. The molecule has 0 bridgehead atoms. The minimum Gasteiger partial charge on any atom is -0.489 e. The predicted molar refractivity (Wildman–Crippen MR) is 86.8 cm³/mol. The zero-order valence-electron chi connectivity index (χ0n) is 13.1. The topological polar surface area (TPSA) is 51.2 Å². The number of nitrogens with zero attached hydrogens (tertiary/aromatic N) is 1. The van der Waals surface area contributed by atoms with Crippen molar-refractivity contribution in [3.63, 3.8) is 0 Å². The molecule has 0 atom stereocenters. The summed E-state index contributed by atoms with van der Waals surface area (Å²) in [6.45, 7) is 5.45. The quantitative estimate of drug-likeness (QED) is 0.852. The summed E-state index contributed by atoms with van der Waals surface area (Å²) >= 11 is 0. The molecule has 0 radical (unpaired) electrons. The number of amides is 1. The van der Waals surface area contributed by atoms with E-state index >= 15 is 0 Å². The first-order valence-corrected chi connectivity index (χ1v) is 7.55. The van der Waals surface area contributed by atoms with E-state index in [0.717, 1.165) is 17.7 Å². The minimum absolute atomic E-state index is 0.0422. The van der Waals surface area contributed by atoms with Crippen molar-refractivity contribution in [3.8, 4) is 5.75 Å². The van der Waals surface area contributed by atoms with Gasteiger partial charge in [-0.25, -0.2) is 0 Å². The van der Waals surface area contributed by atoms with Gasteiger partial charge in [0.1, 0.15) is 12.4 Å². The first kappa shape index (κ1) is 16.0. The van der Waals surface area contributed by atoms with Crippen LogP contribution in [-0.2, 0) is 6.61 Å². The SMILES string of the molecule is CC(C)CCNC(=O)c1ccc(OCc2cccnc2)cc1. The Morgan fingerprint density at radius 1 is 1.23 bits per heavy atom. The molecule has 1 N–H and O–H groups in total. The van der Waals surface area contributed by atoms with E-state index < -0.39 is 0 Å². The average molecular weight is 298 g/mol. The Balaban J connectivity index is 1.83. The van der Waals surface area contributed by atoms with Gasteiger partial charge in [0.15, 0.2) is 0 Å². The number of carbonyl (C=O) groups is 1. The van der Waals surface area contributed by atoms with Gasteiger partial charge in [-0.15, -0.1) is 0 Å². The lowest BCUT2D eigenvalue weighted by molar-refractivity contribution is 0.0952. The Morgan fingerprint density at radius 3 is 2.64 bits per heavy atom. The molecule has 4 nitrogen and oxygen atoms in total. The molecule has 0 unspecified atom stereocenters. The van der Waals surface area contributed by atoms with Gasteiger partial charge in [-0.3, -0.25) is 9.78 Å². The number of aromatic nitrogens is 1. The molecule has 0 aliphatic heterocycles. The van der Waals surface area contributed by atoms with E-state index in [1.165, 1.54) is 0 Å². The van der Waals surface area contributed by atoms with E-state index in [2.05, 4.69) is 24.1 Å². The molecule has 1 heterocycles. The average Bonchev–Trinajstić information content (AvgIpc) is 2.54. The van der Waals surface area contributed by atoms with Crippen LogP contribution in [0.4, 0.5) is 0 Å². The van der Waals surface area contributed by atoms with E-state index in [4.69, 9.17) is 4.74 Å². The minimum atomic E-state index is -0.0422. The zero-order chi connectivity index (χ0) is 15.8. The van der Waals surface area contributed by atoms with E-state index in [1.807, 2.05) is 24.3 Å². The second-order valence-corrected chi connectivity index (χ2v) is 5.61. The van der Waals surface area contributed by atoms with Gasteiger partial charge in [0.2, 0.25) is 0 Å². The number of hydrogen-bond donors (Lipinski definition) is 1. The Labute approximate surface area is 131 Å². The largest absolute Gasteiger partial charge is 0.489 e. The summed E-state index contributed by atoms with van der Waals surface area (Å²) in [5.74, 6) is 1.28. The molecular formula is C18H22N2O2. The number of nitrogens with one attached hydrogen (secondary N) is 1. The molecule has 0 saturated heterocycles. The van der Waals surface area contributed by atoms with E-state index in [1.54, 1.807) is 24.5 Å². The molecule has 2 aromatic rings. The van der Waals surface area contributed by atoms with Crippen molar-refractivity contribution in [2.24, 2.45) is 5.92 Å². The van der Waals surface area contributed by atoms with E-state index in [-0.39, 0.29) is 5.91 Å². The highest BCUT2D eigenvalue weighted by atomic mass is 16.5. The molecule has 0 aliphatic carbocycles. The van der Waals surface area contributed by atoms with Crippen molar-refractivity contribution >= 4 is 5.91 Å². The lowest BCUT2D eigenvalue weighted by atomic mass is 10.1. The summed E-state index contributed by atoms with van der Waals surface area (Å²) in [7, 11) is 0. The van der Waals surface area contributed by atoms with Crippen LogP contribution in [0.5, 0.6) is 5.75 Å². The van der Waals surface area contributed by atoms with Gasteiger partial charge in [0.05, 0.1) is 0 Å². The highest BCUT2D eigenvalue weighted by molar-refractivity contribution is 5.94. The van der Waals surface area contributed by atoms with Crippen LogP contribution in [0, 0.1) is 5.92 Å². The Kier molecular flexibility index (Phi) is 5.95. The Morgan fingerprint density at radius 2 is 2.00 bits per heavy atom. The third-order valence-corrected chi connectivity index (χ3v) is 3.25. The number of hydrogen-bond acceptors (Lipinski definition) is 3. The first-order valence-electron chi connectivity index (χ1n) is 7.55. The third kappa shape index (κ3) is 5.20. The van der Waals surface area contributed by atoms with Crippen LogP contribution >= 0.6 is 0 Å². The van der Waals surface area contributed by atoms with Crippen LogP contribution in [0.2, 0.25) is 0 Å². The number of benzene rings is 1. The summed E-state index contributed by atoms with van der Waals surface area (Å²) in [6.07, 6.45) is 4.49. The van der Waals surface area contributed by atoms with E-state index in [0.29, 0.717) is 24.6 Å². The summed E-state index contributed by atoms with van der Waals surface area (Å²) in [5, 5.41) is 2.92. The van der Waals surface area contributed by atoms with Gasteiger partial charge in [-0.1, -0.05) is 19.9 Å². The Hall–Kier alpha value is -2.36. The molecule has 2 rings (SSSR count). The first-order chi connectivity index (χ1) is 10.6. The molecule has 1 amide bonds. The molecule has 0 fully saturated rings. The second kappa shape index (κ2) is 8.17. The van der Waals surface area contributed by atoms with Crippen LogP contribution in [-0.4, -0.2) is 17.4 Å². The summed E-state index contributed by atoms with van der Waals surface area (Å²) in [6, 6.07) is 11.0. The normalized spacial score (nSPS) is 10.5. The van der Waals surface area contributed by atoms with Crippen LogP contribution in [0.15, 0.2) is 48.8 Å². The number of pyridine rings is 1. The molecule has 0 aliphatic rings. The molecule has 1 aromatic heterocycles. The van der Waals surface area contributed by atoms with Gasteiger partial charge in [-0.2, -0.15) is 0 Å². The number of ether oxygens (including phenoxy) is 1. The van der Waals surface area contributed by atoms with Crippen molar-refractivity contribution in [3.05, 3.63) is 59.9 Å². The second-order valence-electron chi connectivity index (χ2n) is 5.61. The standard InChI is InChI=1S/C18H22N2O2/c1-14(2)9-11-20-18(21)16-5-7-17(8-6-16)22-13-15-4-3-10-19-12-15/h3-8,10,12,14H,9,11,13H2,1-2H3,(H,20,21). The molecule has 1 aromatic carbocycles. The molecule has 0 spiro atoms. The fourth-order valence-electron chi connectivity index (χ4n) is 1.93. The van der Waals surface area contributed by atoms with Gasteiger partial charge in [-0.05, 0) is 42.7 Å². The maximum atomic E-state index is 12.0. The lowest BCUT2D eigenvalue weighted by Gasteiger charge is -2.09. The maximum Gasteiger partial charge on any atom is 0.251 e. The number of carbonyl (C=O) groups excluding carboxylic acids is 1. The predicted octanol–water partition coefficient (Wildman–Crippen LogP) is 3.44. The van der Waals surface area contributed by atoms with Crippen molar-refractivity contribution in [1.29, 1.82) is 0 Å². The molecular weight excluding hydrogens is 276 g/mol. The Bertz CT molecular complexity index is 580. The summed E-state index contributed by atoms with van der Waals surface area (Å²) < 4.78 is 5.67. The fourth-order valence-corrected chi connectivity index (χ4v) is 1.93. The number of rotatable bonds is 7. The molecule has 4 heteroatoms. The van der Waals surface area contributed by atoms with Crippen LogP contribution in [0.1, 0.15) is 36.2 Å². The highest BCUT2D eigenvalue weighted by Gasteiger charge is 2.05. The highest BCUT2D eigenvalue weighted by Crippen LogP contribution is 2.14. The van der Waals surface area contributed by atoms with Crippen LogP contribution < -0.4 is 10.1 Å². The van der Waals surface area contributed by atoms with Gasteiger partial charge >= 0.3 is 0 Å². The van der Waals surface area contributed by atoms with Gasteiger partial charge in [0, 0.05) is 30.1 Å². The van der Waals surface area contributed by atoms with Crippen molar-refractivity contribution in [1.82, 2.24) is 10.3 Å². The molecule has 0 saturated carbocycles. The fraction of sp³-hybridized carbons (Fsp3) is 0.333. The van der Waals surface area contributed by atoms with Crippen LogP contribution in [0.3, 0.4) is 0 Å². The van der Waals surface area contributed by atoms with Crippen molar-refractivity contribution in [2.45, 2.75) is 26.9 Å². The zero-order valence-corrected chi connectivity index (χ0v) is 13.1. The smallest absolute Gasteiger partial charge is 0.251 e.